The Morgan fingerprint density at radius 3 is 2.53 bits per heavy atom. The fraction of sp³-hybridized carbons (Fsp3) is 0.909. The molecule has 2 fully saturated rings. The molecule has 2 heterocycles. The highest BCUT2D eigenvalue weighted by Gasteiger charge is 2.31. The van der Waals surface area contributed by atoms with Crippen molar-refractivity contribution < 1.29 is 4.79 Å². The number of nitrogens with zero attached hydrogens (tertiary/aromatic N) is 2. The lowest BCUT2D eigenvalue weighted by Crippen LogP contribution is -2.54. The first-order valence-corrected chi connectivity index (χ1v) is 5.88. The molecule has 2 aliphatic rings. The summed E-state index contributed by atoms with van der Waals surface area (Å²) in [6.07, 6.45) is 1.01. The maximum Gasteiger partial charge on any atom is 0.227 e. The van der Waals surface area contributed by atoms with Gasteiger partial charge < -0.3 is 15.1 Å². The third kappa shape index (κ3) is 3.98. The molecule has 0 aromatic rings. The highest BCUT2D eigenvalue weighted by Crippen LogP contribution is 2.16. The number of rotatable bonds is 1. The van der Waals surface area contributed by atoms with Crippen molar-refractivity contribution in [1.82, 2.24) is 15.1 Å². The third-order valence-electron chi connectivity index (χ3n) is 3.52. The van der Waals surface area contributed by atoms with E-state index in [4.69, 9.17) is 0 Å². The second kappa shape index (κ2) is 7.41. The zero-order chi connectivity index (χ0) is 10.8. The number of likely N-dealkylation sites (N-methyl/N-ethyl adjacent to an activating group) is 1. The minimum absolute atomic E-state index is 0. The van der Waals surface area contributed by atoms with Crippen LogP contribution in [0.3, 0.4) is 0 Å². The van der Waals surface area contributed by atoms with Gasteiger partial charge >= 0.3 is 0 Å². The molecule has 0 aliphatic carbocycles. The van der Waals surface area contributed by atoms with Crippen LogP contribution in [-0.2, 0) is 4.79 Å². The number of amides is 1. The largest absolute Gasteiger partial charge is 0.337 e. The van der Waals surface area contributed by atoms with Crippen LogP contribution in [0, 0.1) is 5.92 Å². The summed E-state index contributed by atoms with van der Waals surface area (Å²) in [5, 5.41) is 3.26. The van der Waals surface area contributed by atoms with Crippen LogP contribution in [0.25, 0.3) is 0 Å². The van der Waals surface area contributed by atoms with Gasteiger partial charge in [0.1, 0.15) is 0 Å². The van der Waals surface area contributed by atoms with Crippen LogP contribution >= 0.6 is 24.8 Å². The number of hydrogen-bond acceptors (Lipinski definition) is 3. The summed E-state index contributed by atoms with van der Waals surface area (Å²) >= 11 is 0. The fourth-order valence-electron chi connectivity index (χ4n) is 2.57. The highest BCUT2D eigenvalue weighted by atomic mass is 35.5. The Labute approximate surface area is 116 Å². The minimum Gasteiger partial charge on any atom is -0.337 e. The van der Waals surface area contributed by atoms with E-state index in [2.05, 4.69) is 29.1 Å². The molecule has 0 aromatic heterocycles. The van der Waals surface area contributed by atoms with Crippen molar-refractivity contribution in [2.24, 2.45) is 5.92 Å². The molecule has 4 nitrogen and oxygen atoms in total. The summed E-state index contributed by atoms with van der Waals surface area (Å²) in [7, 11) is 2.12. The van der Waals surface area contributed by atoms with Gasteiger partial charge in [0.25, 0.3) is 0 Å². The van der Waals surface area contributed by atoms with Gasteiger partial charge in [0.15, 0.2) is 0 Å². The quantitative estimate of drug-likeness (QED) is 0.766. The van der Waals surface area contributed by atoms with Gasteiger partial charge in [0.05, 0.1) is 5.92 Å². The number of carbonyl (C=O) groups excluding carboxylic acids is 1. The second-order valence-corrected chi connectivity index (χ2v) is 4.83. The van der Waals surface area contributed by atoms with E-state index in [1.54, 1.807) is 0 Å². The topological polar surface area (TPSA) is 35.6 Å². The molecule has 2 saturated heterocycles. The monoisotopic (exact) mass is 283 g/mol. The molecule has 6 heteroatoms. The summed E-state index contributed by atoms with van der Waals surface area (Å²) in [5.41, 5.74) is 0. The predicted molar refractivity (Wildman–Crippen MR) is 74.1 cm³/mol. The van der Waals surface area contributed by atoms with Crippen LogP contribution in [0.5, 0.6) is 0 Å². The minimum atomic E-state index is 0. The van der Waals surface area contributed by atoms with E-state index in [-0.39, 0.29) is 30.7 Å². The third-order valence-corrected chi connectivity index (χ3v) is 3.52. The van der Waals surface area contributed by atoms with Gasteiger partial charge in [-0.3, -0.25) is 4.79 Å². The van der Waals surface area contributed by atoms with Crippen molar-refractivity contribution in [3.05, 3.63) is 0 Å². The van der Waals surface area contributed by atoms with Gasteiger partial charge in [-0.25, -0.2) is 0 Å². The normalized spacial score (nSPS) is 29.4. The van der Waals surface area contributed by atoms with Crippen molar-refractivity contribution in [2.45, 2.75) is 19.4 Å². The molecule has 1 N–H and O–H groups in total. The maximum absolute atomic E-state index is 12.2. The molecule has 0 spiro atoms. The fourth-order valence-corrected chi connectivity index (χ4v) is 2.57. The predicted octanol–water partition coefficient (Wildman–Crippen LogP) is 0.602. The Hall–Kier alpha value is -0.0300. The Morgan fingerprint density at radius 1 is 1.29 bits per heavy atom. The number of nitrogens with one attached hydrogen (secondary N) is 1. The molecule has 2 unspecified atom stereocenters. The average Bonchev–Trinajstić information content (AvgIpc) is 2.69. The first-order chi connectivity index (χ1) is 7.18. The molecule has 0 radical (unpaired) electrons. The van der Waals surface area contributed by atoms with Gasteiger partial charge in [-0.1, -0.05) is 0 Å². The highest BCUT2D eigenvalue weighted by molar-refractivity contribution is 5.85. The number of piperazine rings is 1. The molecule has 0 saturated carbocycles. The average molecular weight is 284 g/mol. The van der Waals surface area contributed by atoms with Gasteiger partial charge in [-0.15, -0.1) is 24.8 Å². The van der Waals surface area contributed by atoms with E-state index in [0.29, 0.717) is 11.9 Å². The second-order valence-electron chi connectivity index (χ2n) is 4.83. The Kier molecular flexibility index (Phi) is 7.40. The lowest BCUT2D eigenvalue weighted by atomic mass is 10.0. The maximum atomic E-state index is 12.2. The van der Waals surface area contributed by atoms with Crippen LogP contribution in [0.2, 0.25) is 0 Å². The molecule has 0 aromatic carbocycles. The number of hydrogen-bond donors (Lipinski definition) is 1. The number of carbonyl (C=O) groups is 1. The molecule has 102 valence electrons. The van der Waals surface area contributed by atoms with E-state index in [1.807, 2.05) is 0 Å². The van der Waals surface area contributed by atoms with Crippen molar-refractivity contribution in [3.63, 3.8) is 0 Å². The number of halogens is 2. The van der Waals surface area contributed by atoms with E-state index in [0.717, 1.165) is 39.1 Å². The summed E-state index contributed by atoms with van der Waals surface area (Å²) < 4.78 is 0. The lowest BCUT2D eigenvalue weighted by molar-refractivity contribution is -0.139. The summed E-state index contributed by atoms with van der Waals surface area (Å²) in [4.78, 5) is 16.5. The molecule has 1 amide bonds. The van der Waals surface area contributed by atoms with Crippen LogP contribution in [-0.4, -0.2) is 61.5 Å². The Bertz CT molecular complexity index is 247. The van der Waals surface area contributed by atoms with Gasteiger partial charge in [0, 0.05) is 32.2 Å². The summed E-state index contributed by atoms with van der Waals surface area (Å²) in [6, 6.07) is 0.372. The van der Waals surface area contributed by atoms with Gasteiger partial charge in [-0.2, -0.15) is 0 Å². The van der Waals surface area contributed by atoms with Crippen molar-refractivity contribution in [1.29, 1.82) is 0 Å². The first kappa shape index (κ1) is 17.0. The van der Waals surface area contributed by atoms with Gasteiger partial charge in [0.2, 0.25) is 5.91 Å². The van der Waals surface area contributed by atoms with Crippen molar-refractivity contribution in [2.75, 3.05) is 39.8 Å². The molecular weight excluding hydrogens is 261 g/mol. The summed E-state index contributed by atoms with van der Waals surface area (Å²) in [6.45, 7) is 6.93. The zero-order valence-electron chi connectivity index (χ0n) is 10.5. The molecule has 2 rings (SSSR count). The van der Waals surface area contributed by atoms with Crippen molar-refractivity contribution >= 4 is 30.7 Å². The molecule has 17 heavy (non-hydrogen) atoms. The van der Waals surface area contributed by atoms with Crippen LogP contribution < -0.4 is 5.32 Å². The molecule has 2 aliphatic heterocycles. The van der Waals surface area contributed by atoms with Crippen LogP contribution in [0.15, 0.2) is 0 Å². The van der Waals surface area contributed by atoms with Crippen LogP contribution in [0.1, 0.15) is 13.3 Å². The molecule has 0 bridgehead atoms. The molecular formula is C11H23Cl2N3O. The molecule has 2 atom stereocenters. The Balaban J connectivity index is 0.00000128. The first-order valence-electron chi connectivity index (χ1n) is 5.88. The van der Waals surface area contributed by atoms with E-state index in [1.165, 1.54) is 0 Å². The van der Waals surface area contributed by atoms with Crippen molar-refractivity contribution in [3.8, 4) is 0 Å². The zero-order valence-corrected chi connectivity index (χ0v) is 12.1. The standard InChI is InChI=1S/C11H21N3O.2ClH/c1-9-8-13(2)5-6-14(9)11(15)10-3-4-12-7-10;;/h9-10,12H,3-8H2,1-2H3;2*1H. The Morgan fingerprint density at radius 2 is 2.00 bits per heavy atom. The van der Waals surface area contributed by atoms with E-state index < -0.39 is 0 Å². The lowest BCUT2D eigenvalue weighted by Gasteiger charge is -2.39. The van der Waals surface area contributed by atoms with E-state index >= 15 is 0 Å². The summed E-state index contributed by atoms with van der Waals surface area (Å²) in [5.74, 6) is 0.594. The van der Waals surface area contributed by atoms with Crippen LogP contribution in [0.4, 0.5) is 0 Å². The SMILES string of the molecule is CC1CN(C)CCN1C(=O)C1CCNC1.Cl.Cl. The van der Waals surface area contributed by atoms with E-state index in [9.17, 15) is 4.79 Å². The van der Waals surface area contributed by atoms with Gasteiger partial charge in [-0.05, 0) is 26.9 Å². The smallest absolute Gasteiger partial charge is 0.227 e.